The number of rotatable bonds is 5. The van der Waals surface area contributed by atoms with Crippen LogP contribution in [0, 0.1) is 27.2 Å². The lowest BCUT2D eigenvalue weighted by Gasteiger charge is -2.05. The van der Waals surface area contributed by atoms with Crippen LogP contribution in [0.15, 0.2) is 41.8 Å². The van der Waals surface area contributed by atoms with Gasteiger partial charge in [-0.05, 0) is 19.1 Å². The first-order valence-electron chi connectivity index (χ1n) is 7.72. The lowest BCUT2D eigenvalue weighted by Crippen LogP contribution is -2.13. The number of nitro groups is 2. The third-order valence-electron chi connectivity index (χ3n) is 3.87. The SMILES string of the molecule is Cc1c([N+](=O)[O-])cc(C(=O)Nc2nc(-c3ccc(Cl)cc3)cs2)cc1[N+](=O)[O-]. The van der Waals surface area contributed by atoms with Crippen LogP contribution in [-0.4, -0.2) is 20.7 Å². The van der Waals surface area contributed by atoms with Crippen LogP contribution in [0.4, 0.5) is 16.5 Å². The molecule has 1 amide bonds. The molecule has 1 heterocycles. The van der Waals surface area contributed by atoms with Gasteiger partial charge in [0.15, 0.2) is 5.13 Å². The number of nitrogens with zero attached hydrogens (tertiary/aromatic N) is 3. The van der Waals surface area contributed by atoms with E-state index >= 15 is 0 Å². The number of aromatic nitrogens is 1. The quantitative estimate of drug-likeness (QED) is 0.466. The van der Waals surface area contributed by atoms with Gasteiger partial charge in [-0.2, -0.15) is 0 Å². The third kappa shape index (κ3) is 3.97. The van der Waals surface area contributed by atoms with Crippen molar-refractivity contribution in [3.05, 3.63) is 78.2 Å². The highest BCUT2D eigenvalue weighted by Gasteiger charge is 2.25. The average Bonchev–Trinajstić information content (AvgIpc) is 3.10. The molecule has 0 saturated heterocycles. The van der Waals surface area contributed by atoms with Gasteiger partial charge >= 0.3 is 0 Å². The Morgan fingerprint density at radius 2 is 1.68 bits per heavy atom. The average molecular weight is 419 g/mol. The third-order valence-corrected chi connectivity index (χ3v) is 4.88. The number of benzene rings is 2. The van der Waals surface area contributed by atoms with E-state index in [-0.39, 0.29) is 16.3 Å². The van der Waals surface area contributed by atoms with E-state index in [1.54, 1.807) is 29.6 Å². The molecule has 142 valence electrons. The Kier molecular flexibility index (Phi) is 5.34. The van der Waals surface area contributed by atoms with Gasteiger partial charge < -0.3 is 0 Å². The van der Waals surface area contributed by atoms with Crippen LogP contribution < -0.4 is 5.32 Å². The van der Waals surface area contributed by atoms with E-state index in [9.17, 15) is 25.0 Å². The van der Waals surface area contributed by atoms with Crippen molar-refractivity contribution in [1.82, 2.24) is 4.98 Å². The van der Waals surface area contributed by atoms with Crippen LogP contribution in [0.3, 0.4) is 0 Å². The minimum Gasteiger partial charge on any atom is -0.298 e. The Bertz CT molecular complexity index is 1060. The molecule has 1 aromatic heterocycles. The Labute approximate surface area is 166 Å². The second-order valence-electron chi connectivity index (χ2n) is 5.65. The molecule has 0 aliphatic carbocycles. The maximum Gasteiger partial charge on any atom is 0.279 e. The van der Waals surface area contributed by atoms with Gasteiger partial charge in [0.25, 0.3) is 17.3 Å². The topological polar surface area (TPSA) is 128 Å². The summed E-state index contributed by atoms with van der Waals surface area (Å²) in [5, 5.41) is 27.4. The van der Waals surface area contributed by atoms with Crippen molar-refractivity contribution in [1.29, 1.82) is 0 Å². The number of carbonyl (C=O) groups is 1. The number of thiazole rings is 1. The predicted molar refractivity (Wildman–Crippen MR) is 105 cm³/mol. The summed E-state index contributed by atoms with van der Waals surface area (Å²) in [5.74, 6) is -0.733. The first-order chi connectivity index (χ1) is 13.3. The van der Waals surface area contributed by atoms with E-state index in [4.69, 9.17) is 11.6 Å². The molecule has 9 nitrogen and oxygen atoms in total. The van der Waals surface area contributed by atoms with Crippen LogP contribution in [0.1, 0.15) is 15.9 Å². The molecule has 0 saturated carbocycles. The molecule has 0 fully saturated rings. The van der Waals surface area contributed by atoms with Crippen molar-refractivity contribution in [3.8, 4) is 11.3 Å². The summed E-state index contributed by atoms with van der Waals surface area (Å²) in [5.41, 5.74) is 0.0827. The second kappa shape index (κ2) is 7.71. The van der Waals surface area contributed by atoms with Crippen LogP contribution in [-0.2, 0) is 0 Å². The summed E-state index contributed by atoms with van der Waals surface area (Å²) in [7, 11) is 0. The predicted octanol–water partition coefficient (Wildman–Crippen LogP) is 4.84. The number of hydrogen-bond acceptors (Lipinski definition) is 7. The molecule has 0 bridgehead atoms. The molecule has 0 aliphatic heterocycles. The molecule has 3 rings (SSSR count). The summed E-state index contributed by atoms with van der Waals surface area (Å²) in [6, 6.07) is 8.97. The van der Waals surface area contributed by atoms with Gasteiger partial charge in [-0.1, -0.05) is 23.7 Å². The smallest absolute Gasteiger partial charge is 0.279 e. The van der Waals surface area contributed by atoms with Crippen molar-refractivity contribution >= 4 is 45.4 Å². The molecule has 2 aromatic carbocycles. The second-order valence-corrected chi connectivity index (χ2v) is 6.95. The van der Waals surface area contributed by atoms with Gasteiger partial charge in [0.2, 0.25) is 0 Å². The van der Waals surface area contributed by atoms with Gasteiger partial charge in [0.1, 0.15) is 5.56 Å². The fourth-order valence-corrected chi connectivity index (χ4v) is 3.29. The molecule has 0 radical (unpaired) electrons. The van der Waals surface area contributed by atoms with E-state index in [0.29, 0.717) is 10.7 Å². The number of halogens is 1. The summed E-state index contributed by atoms with van der Waals surface area (Å²) < 4.78 is 0. The van der Waals surface area contributed by atoms with Gasteiger partial charge in [0, 0.05) is 28.1 Å². The van der Waals surface area contributed by atoms with E-state index in [2.05, 4.69) is 10.3 Å². The first-order valence-corrected chi connectivity index (χ1v) is 8.98. The fourth-order valence-electron chi connectivity index (χ4n) is 2.45. The fraction of sp³-hybridized carbons (Fsp3) is 0.0588. The molecular weight excluding hydrogens is 408 g/mol. The zero-order valence-corrected chi connectivity index (χ0v) is 15.8. The number of anilines is 1. The van der Waals surface area contributed by atoms with E-state index in [1.807, 2.05) is 0 Å². The van der Waals surface area contributed by atoms with Crippen LogP contribution in [0.25, 0.3) is 11.3 Å². The molecule has 0 aliphatic rings. The molecular formula is C17H11ClN4O5S. The van der Waals surface area contributed by atoms with Crippen LogP contribution >= 0.6 is 22.9 Å². The Morgan fingerprint density at radius 1 is 1.11 bits per heavy atom. The molecule has 28 heavy (non-hydrogen) atoms. The molecule has 0 spiro atoms. The van der Waals surface area contributed by atoms with Crippen molar-refractivity contribution in [3.63, 3.8) is 0 Å². The summed E-state index contributed by atoms with van der Waals surface area (Å²) >= 11 is 7.00. The highest BCUT2D eigenvalue weighted by Crippen LogP contribution is 2.30. The van der Waals surface area contributed by atoms with E-state index < -0.39 is 27.1 Å². The summed E-state index contributed by atoms with van der Waals surface area (Å²) in [4.78, 5) is 37.5. The van der Waals surface area contributed by atoms with Gasteiger partial charge in [-0.25, -0.2) is 4.98 Å². The Morgan fingerprint density at radius 3 is 2.21 bits per heavy atom. The highest BCUT2D eigenvalue weighted by atomic mass is 35.5. The lowest BCUT2D eigenvalue weighted by molar-refractivity contribution is -0.395. The standard InChI is InChI=1S/C17H11ClN4O5S/c1-9-14(21(24)25)6-11(7-15(9)22(26)27)16(23)20-17-19-13(8-28-17)10-2-4-12(18)5-3-10/h2-8H,1H3,(H,19,20,23). The van der Waals surface area contributed by atoms with Gasteiger partial charge in [-0.15, -0.1) is 11.3 Å². The van der Waals surface area contributed by atoms with E-state index in [0.717, 1.165) is 29.0 Å². The summed E-state index contributed by atoms with van der Waals surface area (Å²) in [6.07, 6.45) is 0. The maximum absolute atomic E-state index is 12.5. The first kappa shape index (κ1) is 19.4. The number of hydrogen-bond donors (Lipinski definition) is 1. The molecule has 11 heteroatoms. The zero-order valence-electron chi connectivity index (χ0n) is 14.2. The molecule has 3 aromatic rings. The largest absolute Gasteiger partial charge is 0.298 e. The normalized spacial score (nSPS) is 10.5. The minimum absolute atomic E-state index is 0.120. The van der Waals surface area contributed by atoms with Crippen molar-refractivity contribution in [2.45, 2.75) is 6.92 Å². The van der Waals surface area contributed by atoms with Crippen molar-refractivity contribution in [2.75, 3.05) is 5.32 Å². The molecule has 0 atom stereocenters. The number of carbonyl (C=O) groups excluding carboxylic acids is 1. The van der Waals surface area contributed by atoms with Gasteiger partial charge in [0.05, 0.1) is 21.1 Å². The van der Waals surface area contributed by atoms with Crippen molar-refractivity contribution < 1.29 is 14.6 Å². The van der Waals surface area contributed by atoms with E-state index in [1.165, 1.54) is 6.92 Å². The highest BCUT2D eigenvalue weighted by molar-refractivity contribution is 7.14. The number of nitro benzene ring substituents is 2. The Hall–Kier alpha value is -3.37. The van der Waals surface area contributed by atoms with Crippen LogP contribution in [0.2, 0.25) is 5.02 Å². The van der Waals surface area contributed by atoms with Crippen LogP contribution in [0.5, 0.6) is 0 Å². The Balaban J connectivity index is 1.88. The van der Waals surface area contributed by atoms with Crippen molar-refractivity contribution in [2.24, 2.45) is 0 Å². The maximum atomic E-state index is 12.5. The molecule has 1 N–H and O–H groups in total. The number of nitrogens with one attached hydrogen (secondary N) is 1. The minimum atomic E-state index is -0.763. The monoisotopic (exact) mass is 418 g/mol. The lowest BCUT2D eigenvalue weighted by atomic mass is 10.1. The number of amides is 1. The zero-order chi connectivity index (χ0) is 20.4. The summed E-state index contributed by atoms with van der Waals surface area (Å²) in [6.45, 7) is 1.26. The molecule has 0 unspecified atom stereocenters. The van der Waals surface area contributed by atoms with Gasteiger partial charge in [-0.3, -0.25) is 30.3 Å².